The van der Waals surface area contributed by atoms with Crippen molar-refractivity contribution < 1.29 is 9.18 Å². The van der Waals surface area contributed by atoms with Gasteiger partial charge in [0.25, 0.3) is 0 Å². The van der Waals surface area contributed by atoms with Gasteiger partial charge in [-0.3, -0.25) is 14.7 Å². The molecule has 1 amide bonds. The number of benzene rings is 1. The fourth-order valence-corrected chi connectivity index (χ4v) is 3.95. The molecule has 2 aromatic heterocycles. The first-order valence-electron chi connectivity index (χ1n) is 9.27. The third-order valence-electron chi connectivity index (χ3n) is 5.61. The van der Waals surface area contributed by atoms with Gasteiger partial charge in [0, 0.05) is 42.1 Å². The van der Waals surface area contributed by atoms with E-state index < -0.39 is 5.41 Å². The summed E-state index contributed by atoms with van der Waals surface area (Å²) in [6.45, 7) is 3.78. The average molecular weight is 378 g/mol. The summed E-state index contributed by atoms with van der Waals surface area (Å²) in [6, 6.07) is 4.66. The summed E-state index contributed by atoms with van der Waals surface area (Å²) in [6.07, 6.45) is 6.46. The molecular weight excluding hydrogens is 359 g/mol. The number of fused-ring (bicyclic) bond motifs is 2. The molecule has 8 heteroatoms. The van der Waals surface area contributed by atoms with Gasteiger partial charge in [-0.1, -0.05) is 0 Å². The smallest absolute Gasteiger partial charge is 0.240 e. The van der Waals surface area contributed by atoms with Crippen molar-refractivity contribution in [3.8, 4) is 0 Å². The first kappa shape index (κ1) is 17.0. The summed E-state index contributed by atoms with van der Waals surface area (Å²) >= 11 is 0. The van der Waals surface area contributed by atoms with Crippen molar-refractivity contribution in [1.29, 1.82) is 0 Å². The molecular formula is C20H19FN6O. The lowest BCUT2D eigenvalue weighted by Gasteiger charge is -2.41. The highest BCUT2D eigenvalue weighted by atomic mass is 19.1. The van der Waals surface area contributed by atoms with E-state index in [1.54, 1.807) is 29.6 Å². The molecule has 3 heterocycles. The minimum Gasteiger partial charge on any atom is -0.351 e. The van der Waals surface area contributed by atoms with Gasteiger partial charge in [-0.05, 0) is 38.8 Å². The van der Waals surface area contributed by atoms with Gasteiger partial charge in [0.1, 0.15) is 5.82 Å². The monoisotopic (exact) mass is 378 g/mol. The molecule has 1 N–H and O–H groups in total. The number of rotatable bonds is 3. The molecule has 0 spiro atoms. The number of amides is 1. The Balaban J connectivity index is 1.31. The van der Waals surface area contributed by atoms with Crippen molar-refractivity contribution in [2.45, 2.75) is 44.2 Å². The summed E-state index contributed by atoms with van der Waals surface area (Å²) in [5.74, 6) is 0.846. The topological polar surface area (TPSA) is 83.9 Å². The zero-order valence-electron chi connectivity index (χ0n) is 15.6. The summed E-state index contributed by atoms with van der Waals surface area (Å²) in [5.41, 5.74) is 0.638. The molecule has 0 bridgehead atoms. The molecule has 1 aliphatic heterocycles. The Hall–Kier alpha value is -3.16. The summed E-state index contributed by atoms with van der Waals surface area (Å²) in [4.78, 5) is 32.2. The van der Waals surface area contributed by atoms with Crippen LogP contribution in [0, 0.1) is 5.82 Å². The molecule has 5 rings (SSSR count). The quantitative estimate of drug-likeness (QED) is 0.755. The minimum atomic E-state index is -0.659. The fourth-order valence-electron chi connectivity index (χ4n) is 3.95. The summed E-state index contributed by atoms with van der Waals surface area (Å²) < 4.78 is 13.4. The Morgan fingerprint density at radius 3 is 2.79 bits per heavy atom. The van der Waals surface area contributed by atoms with Crippen LogP contribution in [0.5, 0.6) is 0 Å². The SMILES string of the molecule is CC1(C)C(=O)N(C2CC(Nc3ncc4ccc(F)cc4n3)C2)c2nccnc21. The molecule has 2 aliphatic rings. The highest BCUT2D eigenvalue weighted by Gasteiger charge is 2.51. The predicted octanol–water partition coefficient (Wildman–Crippen LogP) is 2.83. The van der Waals surface area contributed by atoms with E-state index in [1.165, 1.54) is 12.1 Å². The van der Waals surface area contributed by atoms with E-state index in [2.05, 4.69) is 25.3 Å². The van der Waals surface area contributed by atoms with Crippen molar-refractivity contribution >= 4 is 28.6 Å². The zero-order valence-corrected chi connectivity index (χ0v) is 15.6. The van der Waals surface area contributed by atoms with Gasteiger partial charge in [-0.2, -0.15) is 0 Å². The molecule has 142 valence electrons. The van der Waals surface area contributed by atoms with E-state index in [-0.39, 0.29) is 23.8 Å². The van der Waals surface area contributed by atoms with Gasteiger partial charge < -0.3 is 5.32 Å². The number of hydrogen-bond donors (Lipinski definition) is 1. The highest BCUT2D eigenvalue weighted by Crippen LogP contribution is 2.43. The van der Waals surface area contributed by atoms with Crippen LogP contribution in [0.25, 0.3) is 10.9 Å². The lowest BCUT2D eigenvalue weighted by atomic mass is 9.85. The first-order valence-corrected chi connectivity index (χ1v) is 9.27. The van der Waals surface area contributed by atoms with Crippen LogP contribution >= 0.6 is 0 Å². The predicted molar refractivity (Wildman–Crippen MR) is 102 cm³/mol. The fraction of sp³-hybridized carbons (Fsp3) is 0.350. The first-order chi connectivity index (χ1) is 13.4. The largest absolute Gasteiger partial charge is 0.351 e. The minimum absolute atomic E-state index is 0.0366. The number of hydrogen-bond acceptors (Lipinski definition) is 6. The number of aromatic nitrogens is 4. The van der Waals surface area contributed by atoms with E-state index >= 15 is 0 Å². The van der Waals surface area contributed by atoms with Gasteiger partial charge in [-0.15, -0.1) is 0 Å². The Kier molecular flexibility index (Phi) is 3.59. The van der Waals surface area contributed by atoms with Crippen molar-refractivity contribution in [1.82, 2.24) is 19.9 Å². The van der Waals surface area contributed by atoms with Crippen molar-refractivity contribution in [2.24, 2.45) is 0 Å². The Bertz CT molecular complexity index is 1100. The maximum Gasteiger partial charge on any atom is 0.240 e. The van der Waals surface area contributed by atoms with Gasteiger partial charge >= 0.3 is 0 Å². The van der Waals surface area contributed by atoms with Crippen LogP contribution < -0.4 is 10.2 Å². The maximum absolute atomic E-state index is 13.4. The molecule has 0 radical (unpaired) electrons. The van der Waals surface area contributed by atoms with E-state index in [0.717, 1.165) is 23.9 Å². The molecule has 0 saturated heterocycles. The lowest BCUT2D eigenvalue weighted by molar-refractivity contribution is -0.123. The average Bonchev–Trinajstić information content (AvgIpc) is 2.84. The molecule has 28 heavy (non-hydrogen) atoms. The second-order valence-electron chi connectivity index (χ2n) is 7.89. The van der Waals surface area contributed by atoms with Crippen LogP contribution in [0.15, 0.2) is 36.8 Å². The zero-order chi connectivity index (χ0) is 19.5. The second-order valence-corrected chi connectivity index (χ2v) is 7.89. The number of halogens is 1. The number of nitrogens with one attached hydrogen (secondary N) is 1. The standard InChI is InChI=1S/C20H19FN6O/c1-20(2)16-17(23-6-5-22-16)27(18(20)28)14-8-13(9-14)25-19-24-10-11-3-4-12(21)7-15(11)26-19/h3-7,10,13-14H,8-9H2,1-2H3,(H,24,25,26). The molecule has 0 unspecified atom stereocenters. The Labute approximate surface area is 161 Å². The number of carbonyl (C=O) groups is 1. The van der Waals surface area contributed by atoms with E-state index in [4.69, 9.17) is 0 Å². The normalized spacial score (nSPS) is 22.8. The molecule has 1 aromatic carbocycles. The van der Waals surface area contributed by atoms with E-state index in [1.807, 2.05) is 13.8 Å². The molecule has 1 saturated carbocycles. The molecule has 0 atom stereocenters. The van der Waals surface area contributed by atoms with Crippen molar-refractivity contribution in [3.05, 3.63) is 48.3 Å². The second kappa shape index (κ2) is 5.92. The van der Waals surface area contributed by atoms with Gasteiger partial charge in [0.2, 0.25) is 11.9 Å². The highest BCUT2D eigenvalue weighted by molar-refractivity contribution is 6.06. The van der Waals surface area contributed by atoms with Gasteiger partial charge in [0.15, 0.2) is 5.82 Å². The van der Waals surface area contributed by atoms with Crippen LogP contribution in [0.2, 0.25) is 0 Å². The van der Waals surface area contributed by atoms with Crippen molar-refractivity contribution in [3.63, 3.8) is 0 Å². The number of carbonyl (C=O) groups excluding carboxylic acids is 1. The third kappa shape index (κ3) is 2.51. The lowest BCUT2D eigenvalue weighted by Crippen LogP contribution is -2.53. The summed E-state index contributed by atoms with van der Waals surface area (Å²) in [7, 11) is 0. The molecule has 1 aliphatic carbocycles. The van der Waals surface area contributed by atoms with Gasteiger partial charge in [-0.25, -0.2) is 19.3 Å². The van der Waals surface area contributed by atoms with Crippen molar-refractivity contribution in [2.75, 3.05) is 10.2 Å². The third-order valence-corrected chi connectivity index (χ3v) is 5.61. The molecule has 3 aromatic rings. The van der Waals surface area contributed by atoms with Crippen LogP contribution in [0.3, 0.4) is 0 Å². The molecule has 7 nitrogen and oxygen atoms in total. The maximum atomic E-state index is 13.4. The summed E-state index contributed by atoms with van der Waals surface area (Å²) in [5, 5.41) is 4.07. The number of nitrogens with zero attached hydrogens (tertiary/aromatic N) is 5. The van der Waals surface area contributed by atoms with Crippen LogP contribution in [0.4, 0.5) is 16.2 Å². The van der Waals surface area contributed by atoms with E-state index in [0.29, 0.717) is 17.3 Å². The Morgan fingerprint density at radius 1 is 1.18 bits per heavy atom. The van der Waals surface area contributed by atoms with Crippen LogP contribution in [-0.2, 0) is 10.2 Å². The Morgan fingerprint density at radius 2 is 1.96 bits per heavy atom. The number of anilines is 2. The van der Waals surface area contributed by atoms with Crippen LogP contribution in [-0.4, -0.2) is 37.9 Å². The molecule has 1 fully saturated rings. The van der Waals surface area contributed by atoms with Gasteiger partial charge in [0.05, 0.1) is 16.6 Å². The van der Waals surface area contributed by atoms with Crippen LogP contribution in [0.1, 0.15) is 32.4 Å². The van der Waals surface area contributed by atoms with E-state index in [9.17, 15) is 9.18 Å².